The largest absolute Gasteiger partial charge is 0.492 e. The Morgan fingerprint density at radius 3 is 2.79 bits per heavy atom. The molecule has 4 rings (SSSR count). The standard InChI is InChI=1S/C18H19BN2O3/c20-11-19-7-4-12(5-8-19)13-1-2-14-15(9-13)24-10-18(14)6-3-16(22)21-17(18)23/h1-2,9,12H,3-8,10H2,(H,21,22,23). The van der Waals surface area contributed by atoms with Crippen LogP contribution in [0.5, 0.6) is 5.75 Å². The molecular weight excluding hydrogens is 303 g/mol. The number of benzene rings is 1. The van der Waals surface area contributed by atoms with Crippen LogP contribution in [-0.2, 0) is 15.0 Å². The molecule has 2 fully saturated rings. The van der Waals surface area contributed by atoms with Crippen molar-refractivity contribution in [1.82, 2.24) is 5.32 Å². The Bertz CT molecular complexity index is 749. The Balaban J connectivity index is 1.59. The SMILES string of the molecule is N#CB1CCC(c2ccc3c(c2)OCC32CCC(=O)NC2=O)CC1. The van der Waals surface area contributed by atoms with Gasteiger partial charge in [0.25, 0.3) is 6.71 Å². The molecule has 1 atom stereocenters. The number of imide groups is 1. The normalized spacial score (nSPS) is 26.7. The van der Waals surface area contributed by atoms with E-state index in [1.54, 1.807) is 0 Å². The molecule has 6 heteroatoms. The predicted molar refractivity (Wildman–Crippen MR) is 89.0 cm³/mol. The minimum absolute atomic E-state index is 0.193. The van der Waals surface area contributed by atoms with Gasteiger partial charge in [-0.25, -0.2) is 5.26 Å². The van der Waals surface area contributed by atoms with Gasteiger partial charge in [0.05, 0.1) is 0 Å². The second kappa shape index (κ2) is 5.66. The summed E-state index contributed by atoms with van der Waals surface area (Å²) >= 11 is 0. The summed E-state index contributed by atoms with van der Waals surface area (Å²) in [5.74, 6) is 3.17. The molecule has 122 valence electrons. The molecule has 0 aromatic heterocycles. The summed E-state index contributed by atoms with van der Waals surface area (Å²) in [5.41, 5.74) is 1.43. The number of nitrogens with one attached hydrogen (secondary N) is 1. The monoisotopic (exact) mass is 322 g/mol. The van der Waals surface area contributed by atoms with Gasteiger partial charge in [0.1, 0.15) is 17.8 Å². The minimum Gasteiger partial charge on any atom is -0.492 e. The van der Waals surface area contributed by atoms with Gasteiger partial charge >= 0.3 is 0 Å². The molecule has 0 saturated carbocycles. The fourth-order valence-corrected chi connectivity index (χ4v) is 4.29. The number of fused-ring (bicyclic) bond motifs is 2. The number of hydrogen-bond donors (Lipinski definition) is 1. The minimum atomic E-state index is -0.708. The number of piperidine rings is 1. The Morgan fingerprint density at radius 2 is 2.08 bits per heavy atom. The smallest absolute Gasteiger partial charge is 0.267 e. The van der Waals surface area contributed by atoms with Crippen molar-refractivity contribution in [2.75, 3.05) is 6.61 Å². The second-order valence-corrected chi connectivity index (χ2v) is 7.18. The maximum atomic E-state index is 12.4. The van der Waals surface area contributed by atoms with Crippen LogP contribution in [-0.4, -0.2) is 25.1 Å². The first kappa shape index (κ1) is 15.3. The third kappa shape index (κ3) is 2.31. The van der Waals surface area contributed by atoms with E-state index in [4.69, 9.17) is 10.00 Å². The molecule has 1 spiro atoms. The topological polar surface area (TPSA) is 79.2 Å². The van der Waals surface area contributed by atoms with E-state index < -0.39 is 5.41 Å². The number of amides is 2. The molecular formula is C18H19BN2O3. The highest BCUT2D eigenvalue weighted by molar-refractivity contribution is 6.67. The Labute approximate surface area is 141 Å². The number of nitriles is 1. The van der Waals surface area contributed by atoms with E-state index in [2.05, 4.69) is 23.4 Å². The van der Waals surface area contributed by atoms with Crippen LogP contribution < -0.4 is 10.1 Å². The molecule has 3 aliphatic rings. The van der Waals surface area contributed by atoms with Crippen molar-refractivity contribution in [2.24, 2.45) is 0 Å². The van der Waals surface area contributed by atoms with E-state index in [0.29, 0.717) is 25.4 Å². The second-order valence-electron chi connectivity index (χ2n) is 7.18. The molecule has 3 aliphatic heterocycles. The zero-order chi connectivity index (χ0) is 16.7. The van der Waals surface area contributed by atoms with Crippen molar-refractivity contribution in [3.05, 3.63) is 29.3 Å². The van der Waals surface area contributed by atoms with E-state index in [-0.39, 0.29) is 18.5 Å². The fraction of sp³-hybridized carbons (Fsp3) is 0.500. The van der Waals surface area contributed by atoms with E-state index in [1.165, 1.54) is 5.56 Å². The summed E-state index contributed by atoms with van der Waals surface area (Å²) in [5, 5.41) is 11.5. The van der Waals surface area contributed by atoms with Crippen molar-refractivity contribution in [3.8, 4) is 11.7 Å². The van der Waals surface area contributed by atoms with Crippen LogP contribution in [0.2, 0.25) is 12.6 Å². The summed E-state index contributed by atoms with van der Waals surface area (Å²) in [6.07, 6.45) is 4.82. The van der Waals surface area contributed by atoms with E-state index in [1.807, 2.05) is 6.07 Å². The van der Waals surface area contributed by atoms with Gasteiger partial charge in [-0.3, -0.25) is 14.9 Å². The highest BCUT2D eigenvalue weighted by atomic mass is 16.5. The first-order valence-electron chi connectivity index (χ1n) is 8.63. The molecule has 5 nitrogen and oxygen atoms in total. The molecule has 3 heterocycles. The third-order valence-corrected chi connectivity index (χ3v) is 5.84. The molecule has 1 N–H and O–H groups in total. The molecule has 1 aromatic carbocycles. The number of nitrogens with zero attached hydrogens (tertiary/aromatic N) is 1. The van der Waals surface area contributed by atoms with Gasteiger partial charge in [-0.1, -0.05) is 37.6 Å². The van der Waals surface area contributed by atoms with Gasteiger partial charge in [-0.15, -0.1) is 0 Å². The number of hydrogen-bond acceptors (Lipinski definition) is 4. The number of ether oxygens (including phenoxy) is 1. The molecule has 1 aromatic rings. The number of carbonyl (C=O) groups excluding carboxylic acids is 2. The van der Waals surface area contributed by atoms with E-state index >= 15 is 0 Å². The molecule has 2 amide bonds. The zero-order valence-corrected chi connectivity index (χ0v) is 13.5. The lowest BCUT2D eigenvalue weighted by Gasteiger charge is -2.30. The van der Waals surface area contributed by atoms with Gasteiger partial charge in [-0.05, 0) is 24.0 Å². The van der Waals surface area contributed by atoms with Gasteiger partial charge < -0.3 is 4.74 Å². The number of rotatable bonds is 1. The lowest BCUT2D eigenvalue weighted by atomic mass is 9.41. The lowest BCUT2D eigenvalue weighted by molar-refractivity contribution is -0.138. The van der Waals surface area contributed by atoms with Crippen LogP contribution in [0.4, 0.5) is 0 Å². The van der Waals surface area contributed by atoms with Crippen LogP contribution in [0.15, 0.2) is 18.2 Å². The van der Waals surface area contributed by atoms with Crippen LogP contribution >= 0.6 is 0 Å². The van der Waals surface area contributed by atoms with Crippen LogP contribution in [0, 0.1) is 11.2 Å². The van der Waals surface area contributed by atoms with E-state index in [9.17, 15) is 9.59 Å². The molecule has 0 aliphatic carbocycles. The summed E-state index contributed by atoms with van der Waals surface area (Å²) in [4.78, 5) is 23.8. The van der Waals surface area contributed by atoms with Crippen molar-refractivity contribution in [3.63, 3.8) is 0 Å². The van der Waals surface area contributed by atoms with Crippen LogP contribution in [0.25, 0.3) is 0 Å². The molecule has 2 saturated heterocycles. The van der Waals surface area contributed by atoms with Crippen molar-refractivity contribution in [1.29, 1.82) is 5.26 Å². The van der Waals surface area contributed by atoms with Crippen molar-refractivity contribution < 1.29 is 14.3 Å². The summed E-state index contributed by atoms with van der Waals surface area (Å²) in [7, 11) is 0. The fourth-order valence-electron chi connectivity index (χ4n) is 4.29. The quantitative estimate of drug-likeness (QED) is 0.635. The van der Waals surface area contributed by atoms with Crippen molar-refractivity contribution >= 4 is 18.5 Å². The Kier molecular flexibility index (Phi) is 3.60. The zero-order valence-electron chi connectivity index (χ0n) is 13.5. The lowest BCUT2D eigenvalue weighted by Crippen LogP contribution is -2.52. The summed E-state index contributed by atoms with van der Waals surface area (Å²) < 4.78 is 5.85. The summed E-state index contributed by atoms with van der Waals surface area (Å²) in [6, 6.07) is 6.16. The average molecular weight is 322 g/mol. The van der Waals surface area contributed by atoms with E-state index in [0.717, 1.165) is 36.8 Å². The maximum Gasteiger partial charge on any atom is 0.267 e. The molecule has 24 heavy (non-hydrogen) atoms. The summed E-state index contributed by atoms with van der Waals surface area (Å²) in [6.45, 7) is 0.505. The molecule has 0 bridgehead atoms. The highest BCUT2D eigenvalue weighted by Gasteiger charge is 2.50. The number of carbonyl (C=O) groups is 2. The van der Waals surface area contributed by atoms with Crippen LogP contribution in [0.1, 0.15) is 42.7 Å². The van der Waals surface area contributed by atoms with Gasteiger partial charge in [0.15, 0.2) is 0 Å². The van der Waals surface area contributed by atoms with Crippen molar-refractivity contribution in [2.45, 2.75) is 49.7 Å². The van der Waals surface area contributed by atoms with Gasteiger partial charge in [0.2, 0.25) is 11.8 Å². The Hall–Kier alpha value is -2.29. The molecule has 1 unspecified atom stereocenters. The Morgan fingerprint density at radius 1 is 1.29 bits per heavy atom. The average Bonchev–Trinajstić information content (AvgIpc) is 2.98. The first-order chi connectivity index (χ1) is 11.6. The third-order valence-electron chi connectivity index (χ3n) is 5.84. The van der Waals surface area contributed by atoms with Gasteiger partial charge in [-0.2, -0.15) is 0 Å². The van der Waals surface area contributed by atoms with Crippen LogP contribution in [0.3, 0.4) is 0 Å². The highest BCUT2D eigenvalue weighted by Crippen LogP contribution is 2.45. The predicted octanol–water partition coefficient (Wildman–Crippen LogP) is 2.19. The first-order valence-corrected chi connectivity index (χ1v) is 8.63. The van der Waals surface area contributed by atoms with Gasteiger partial charge in [0, 0.05) is 18.0 Å². The molecule has 0 radical (unpaired) electrons. The maximum absolute atomic E-state index is 12.4.